The van der Waals surface area contributed by atoms with Crippen LogP contribution in [0, 0.1) is 6.92 Å². The molecule has 5 heteroatoms. The highest BCUT2D eigenvalue weighted by Gasteiger charge is 2.22. The van der Waals surface area contributed by atoms with Gasteiger partial charge in [-0.25, -0.2) is 0 Å². The summed E-state index contributed by atoms with van der Waals surface area (Å²) in [7, 11) is 0. The van der Waals surface area contributed by atoms with Crippen LogP contribution in [0.3, 0.4) is 0 Å². The third-order valence-electron chi connectivity index (χ3n) is 5.53. The molecular weight excluding hydrogens is 428 g/mol. The van der Waals surface area contributed by atoms with E-state index in [4.69, 9.17) is 9.47 Å². The maximum atomic E-state index is 6.08. The van der Waals surface area contributed by atoms with Gasteiger partial charge >= 0.3 is 0 Å². The molecule has 29 heavy (non-hydrogen) atoms. The second kappa shape index (κ2) is 11.0. The molecule has 1 aliphatic heterocycles. The summed E-state index contributed by atoms with van der Waals surface area (Å²) in [6.07, 6.45) is 2.60. The fraction of sp³-hybridized carbons (Fsp3) is 0.500. The zero-order valence-electron chi connectivity index (χ0n) is 17.8. The van der Waals surface area contributed by atoms with Crippen LogP contribution in [0.1, 0.15) is 43.4 Å². The van der Waals surface area contributed by atoms with Crippen molar-refractivity contribution in [3.05, 3.63) is 57.6 Å². The molecule has 1 heterocycles. The molecule has 158 valence electrons. The Hall–Kier alpha value is -1.56. The van der Waals surface area contributed by atoms with Gasteiger partial charge in [-0.15, -0.1) is 0 Å². The van der Waals surface area contributed by atoms with Crippen molar-refractivity contribution in [2.45, 2.75) is 52.8 Å². The first-order chi connectivity index (χ1) is 14.1. The summed E-state index contributed by atoms with van der Waals surface area (Å²) in [5, 5.41) is 3.63. The van der Waals surface area contributed by atoms with Gasteiger partial charge in [-0.1, -0.05) is 52.7 Å². The van der Waals surface area contributed by atoms with Crippen molar-refractivity contribution in [1.29, 1.82) is 0 Å². The minimum Gasteiger partial charge on any atom is -0.490 e. The monoisotopic (exact) mass is 460 g/mol. The molecule has 0 aliphatic carbocycles. The summed E-state index contributed by atoms with van der Waals surface area (Å²) in [6.45, 7) is 11.7. The van der Waals surface area contributed by atoms with Gasteiger partial charge in [0.25, 0.3) is 0 Å². The number of nitrogens with zero attached hydrogens (tertiary/aromatic N) is 1. The Morgan fingerprint density at radius 1 is 1.10 bits per heavy atom. The summed E-state index contributed by atoms with van der Waals surface area (Å²) in [4.78, 5) is 2.57. The molecular formula is C24H33BrN2O2. The van der Waals surface area contributed by atoms with E-state index in [2.05, 4.69) is 70.3 Å². The van der Waals surface area contributed by atoms with Gasteiger partial charge in [-0.2, -0.15) is 0 Å². The number of ether oxygens (including phenoxy) is 2. The lowest BCUT2D eigenvalue weighted by Gasteiger charge is -2.23. The fourth-order valence-corrected chi connectivity index (χ4v) is 4.32. The van der Waals surface area contributed by atoms with Gasteiger partial charge in [-0.3, -0.25) is 4.90 Å². The van der Waals surface area contributed by atoms with E-state index in [0.29, 0.717) is 19.3 Å². The number of hydrogen-bond donors (Lipinski definition) is 1. The molecule has 0 amide bonds. The maximum absolute atomic E-state index is 6.08. The lowest BCUT2D eigenvalue weighted by Crippen LogP contribution is -2.37. The van der Waals surface area contributed by atoms with Crippen molar-refractivity contribution in [1.82, 2.24) is 10.2 Å². The van der Waals surface area contributed by atoms with Crippen LogP contribution in [0.2, 0.25) is 0 Å². The Labute approximate surface area is 183 Å². The van der Waals surface area contributed by atoms with Crippen LogP contribution in [0.4, 0.5) is 0 Å². The van der Waals surface area contributed by atoms with Gasteiger partial charge in [0.05, 0.1) is 6.61 Å². The highest BCUT2D eigenvalue weighted by atomic mass is 79.9. The number of aryl methyl sites for hydroxylation is 1. The van der Waals surface area contributed by atoms with Crippen molar-refractivity contribution in [2.75, 3.05) is 26.2 Å². The van der Waals surface area contributed by atoms with Crippen LogP contribution >= 0.6 is 15.9 Å². The highest BCUT2D eigenvalue weighted by molar-refractivity contribution is 9.10. The molecule has 1 aliphatic rings. The van der Waals surface area contributed by atoms with E-state index in [1.807, 2.05) is 13.0 Å². The Morgan fingerprint density at radius 3 is 2.59 bits per heavy atom. The third-order valence-corrected chi connectivity index (χ3v) is 6.27. The van der Waals surface area contributed by atoms with Crippen LogP contribution in [-0.4, -0.2) is 37.2 Å². The van der Waals surface area contributed by atoms with Crippen molar-refractivity contribution >= 4 is 15.9 Å². The molecule has 1 unspecified atom stereocenters. The smallest absolute Gasteiger partial charge is 0.162 e. The first-order valence-electron chi connectivity index (χ1n) is 10.7. The quantitative estimate of drug-likeness (QED) is 0.520. The second-order valence-corrected chi connectivity index (χ2v) is 8.51. The number of nitrogens with one attached hydrogen (secondary N) is 1. The lowest BCUT2D eigenvalue weighted by atomic mass is 10.1. The van der Waals surface area contributed by atoms with E-state index < -0.39 is 0 Å². The minimum absolute atomic E-state index is 0.527. The lowest BCUT2D eigenvalue weighted by molar-refractivity contribution is 0.259. The molecule has 0 radical (unpaired) electrons. The molecule has 0 saturated carbocycles. The maximum Gasteiger partial charge on any atom is 0.162 e. The van der Waals surface area contributed by atoms with Crippen LogP contribution in [0.25, 0.3) is 0 Å². The first kappa shape index (κ1) is 22.1. The van der Waals surface area contributed by atoms with E-state index in [9.17, 15) is 0 Å². The summed E-state index contributed by atoms with van der Waals surface area (Å²) >= 11 is 3.72. The molecule has 0 bridgehead atoms. The fourth-order valence-electron chi connectivity index (χ4n) is 3.86. The molecule has 0 spiro atoms. The third kappa shape index (κ3) is 6.21. The van der Waals surface area contributed by atoms with Crippen molar-refractivity contribution < 1.29 is 9.47 Å². The van der Waals surface area contributed by atoms with Crippen LogP contribution in [-0.2, 0) is 13.2 Å². The standard InChI is InChI=1S/C24H33BrN2O2/c1-4-27-12-6-7-21(27)16-26-15-20-13-23(28-5-2)24(14-22(20)25)29-17-19-10-8-18(3)9-11-19/h8-11,13-14,21,26H,4-7,12,15-17H2,1-3H3. The second-order valence-electron chi connectivity index (χ2n) is 7.65. The summed E-state index contributed by atoms with van der Waals surface area (Å²) in [5.41, 5.74) is 3.59. The zero-order chi connectivity index (χ0) is 20.6. The minimum atomic E-state index is 0.527. The average molecular weight is 461 g/mol. The Bertz CT molecular complexity index is 779. The molecule has 3 rings (SSSR count). The van der Waals surface area contributed by atoms with E-state index in [1.54, 1.807) is 0 Å². The Kier molecular flexibility index (Phi) is 8.40. The SMILES string of the molecule is CCOc1cc(CNCC2CCCN2CC)c(Br)cc1OCc1ccc(C)cc1. The molecule has 1 fully saturated rings. The van der Waals surface area contributed by atoms with Crippen LogP contribution in [0.5, 0.6) is 11.5 Å². The van der Waals surface area contributed by atoms with E-state index in [1.165, 1.54) is 30.5 Å². The van der Waals surface area contributed by atoms with Crippen molar-refractivity contribution in [3.8, 4) is 11.5 Å². The number of benzene rings is 2. The molecule has 2 aromatic carbocycles. The number of rotatable bonds is 10. The van der Waals surface area contributed by atoms with Crippen LogP contribution in [0.15, 0.2) is 40.9 Å². The molecule has 1 atom stereocenters. The molecule has 4 nitrogen and oxygen atoms in total. The number of likely N-dealkylation sites (tertiary alicyclic amines) is 1. The van der Waals surface area contributed by atoms with Crippen molar-refractivity contribution in [2.24, 2.45) is 0 Å². The number of likely N-dealkylation sites (N-methyl/N-ethyl adjacent to an activating group) is 1. The van der Waals surface area contributed by atoms with Gasteiger partial charge in [0.15, 0.2) is 11.5 Å². The zero-order valence-corrected chi connectivity index (χ0v) is 19.4. The highest BCUT2D eigenvalue weighted by Crippen LogP contribution is 2.34. The molecule has 1 N–H and O–H groups in total. The Morgan fingerprint density at radius 2 is 1.86 bits per heavy atom. The normalized spacial score (nSPS) is 16.9. The van der Waals surface area contributed by atoms with Crippen molar-refractivity contribution in [3.63, 3.8) is 0 Å². The van der Waals surface area contributed by atoms with E-state index in [0.717, 1.165) is 41.2 Å². The van der Waals surface area contributed by atoms with Gasteiger partial charge in [0.1, 0.15) is 6.61 Å². The van der Waals surface area contributed by atoms with Gasteiger partial charge in [0.2, 0.25) is 0 Å². The number of hydrogen-bond acceptors (Lipinski definition) is 4. The largest absolute Gasteiger partial charge is 0.490 e. The number of halogens is 1. The van der Waals surface area contributed by atoms with Crippen LogP contribution < -0.4 is 14.8 Å². The summed E-state index contributed by atoms with van der Waals surface area (Å²) in [5.74, 6) is 1.58. The topological polar surface area (TPSA) is 33.7 Å². The predicted octanol–water partition coefficient (Wildman–Crippen LogP) is 5.31. The molecule has 0 aromatic heterocycles. The average Bonchev–Trinajstić information content (AvgIpc) is 3.18. The van der Waals surface area contributed by atoms with Gasteiger partial charge in [-0.05, 0) is 63.0 Å². The molecule has 1 saturated heterocycles. The molecule has 2 aromatic rings. The first-order valence-corrected chi connectivity index (χ1v) is 11.5. The van der Waals surface area contributed by atoms with Gasteiger partial charge in [0, 0.05) is 23.6 Å². The summed E-state index contributed by atoms with van der Waals surface area (Å²) < 4.78 is 13.0. The van der Waals surface area contributed by atoms with E-state index in [-0.39, 0.29) is 0 Å². The van der Waals surface area contributed by atoms with E-state index >= 15 is 0 Å². The predicted molar refractivity (Wildman–Crippen MR) is 123 cm³/mol. The summed E-state index contributed by atoms with van der Waals surface area (Å²) in [6, 6.07) is 13.2. The Balaban J connectivity index is 1.62. The van der Waals surface area contributed by atoms with Gasteiger partial charge < -0.3 is 14.8 Å².